The summed E-state index contributed by atoms with van der Waals surface area (Å²) in [6.45, 7) is 0.419. The Bertz CT molecular complexity index is 754. The van der Waals surface area contributed by atoms with Gasteiger partial charge in [-0.1, -0.05) is 28.1 Å². The minimum Gasteiger partial charge on any atom is -0.322 e. The quantitative estimate of drug-likeness (QED) is 0.676. The second kappa shape index (κ2) is 6.57. The van der Waals surface area contributed by atoms with Crippen molar-refractivity contribution in [3.8, 4) is 0 Å². The lowest BCUT2D eigenvalue weighted by molar-refractivity contribution is 0.0754. The first kappa shape index (κ1) is 16.4. The Morgan fingerprint density at radius 3 is 2.48 bits per heavy atom. The van der Waals surface area contributed by atoms with Crippen molar-refractivity contribution in [1.29, 1.82) is 0 Å². The Labute approximate surface area is 143 Å². The lowest BCUT2D eigenvalue weighted by atomic mass is 10.1. The number of thioether (sulfide) groups is 1. The second-order valence-electron chi connectivity index (χ2n) is 5.00. The van der Waals surface area contributed by atoms with Crippen molar-refractivity contribution in [1.82, 2.24) is 4.90 Å². The fourth-order valence-corrected chi connectivity index (χ4v) is 3.95. The summed E-state index contributed by atoms with van der Waals surface area (Å²) in [4.78, 5) is 14.0. The fraction of sp³-hybridized carbons (Fsp3) is 0.188. The summed E-state index contributed by atoms with van der Waals surface area (Å²) >= 11 is 4.89. The van der Waals surface area contributed by atoms with Gasteiger partial charge >= 0.3 is 0 Å². The van der Waals surface area contributed by atoms with E-state index in [0.717, 1.165) is 22.2 Å². The minimum atomic E-state index is -1.62. The molecule has 2 aromatic carbocycles. The molecule has 1 fully saturated rings. The van der Waals surface area contributed by atoms with Crippen LogP contribution in [-0.2, 0) is 0 Å². The van der Waals surface area contributed by atoms with E-state index in [1.54, 1.807) is 11.8 Å². The molecule has 0 radical (unpaired) electrons. The Morgan fingerprint density at radius 1 is 1.09 bits per heavy atom. The van der Waals surface area contributed by atoms with Crippen LogP contribution in [-0.4, -0.2) is 23.1 Å². The van der Waals surface area contributed by atoms with Gasteiger partial charge in [0.2, 0.25) is 0 Å². The van der Waals surface area contributed by atoms with E-state index in [4.69, 9.17) is 0 Å². The van der Waals surface area contributed by atoms with Gasteiger partial charge in [-0.2, -0.15) is 0 Å². The third kappa shape index (κ3) is 3.12. The van der Waals surface area contributed by atoms with E-state index in [9.17, 15) is 18.0 Å². The molecule has 1 heterocycles. The summed E-state index contributed by atoms with van der Waals surface area (Å²) in [5, 5.41) is -0.275. The molecule has 1 saturated heterocycles. The largest absolute Gasteiger partial charge is 0.322 e. The number of halogens is 4. The number of amides is 1. The van der Waals surface area contributed by atoms with Crippen LogP contribution in [0.3, 0.4) is 0 Å². The van der Waals surface area contributed by atoms with Crippen molar-refractivity contribution in [2.24, 2.45) is 0 Å². The second-order valence-corrected chi connectivity index (χ2v) is 7.10. The van der Waals surface area contributed by atoms with Crippen molar-refractivity contribution in [2.75, 3.05) is 12.3 Å². The summed E-state index contributed by atoms with van der Waals surface area (Å²) in [6.07, 6.45) is 0. The van der Waals surface area contributed by atoms with E-state index in [2.05, 4.69) is 15.9 Å². The Morgan fingerprint density at radius 2 is 1.78 bits per heavy atom. The smallest absolute Gasteiger partial charge is 0.258 e. The predicted octanol–water partition coefficient (Wildman–Crippen LogP) is 4.75. The Kier molecular flexibility index (Phi) is 4.68. The molecule has 1 aliphatic rings. The molecule has 7 heteroatoms. The van der Waals surface area contributed by atoms with Crippen molar-refractivity contribution in [2.45, 2.75) is 5.37 Å². The fourth-order valence-electron chi connectivity index (χ4n) is 2.43. The van der Waals surface area contributed by atoms with Gasteiger partial charge in [0, 0.05) is 16.8 Å². The molecular formula is C16H11BrF3NOS. The van der Waals surface area contributed by atoms with Gasteiger partial charge < -0.3 is 4.90 Å². The van der Waals surface area contributed by atoms with Gasteiger partial charge in [-0.25, -0.2) is 13.2 Å². The average Bonchev–Trinajstić information content (AvgIpc) is 3.02. The number of nitrogens with zero attached hydrogens (tertiary/aromatic N) is 1. The zero-order chi connectivity index (χ0) is 16.6. The number of hydrogen-bond acceptors (Lipinski definition) is 2. The van der Waals surface area contributed by atoms with E-state index in [0.29, 0.717) is 12.3 Å². The van der Waals surface area contributed by atoms with Crippen LogP contribution < -0.4 is 0 Å². The standard InChI is InChI=1S/C16H11BrF3NOS/c17-10-3-1-9(2-4-10)16-21(7-8-23-16)15(22)11-5-6-12(18)14(20)13(11)19/h1-6,16H,7-8H2. The van der Waals surface area contributed by atoms with Crippen molar-refractivity contribution in [3.63, 3.8) is 0 Å². The maximum absolute atomic E-state index is 13.9. The topological polar surface area (TPSA) is 20.3 Å². The maximum Gasteiger partial charge on any atom is 0.258 e. The van der Waals surface area contributed by atoms with Gasteiger partial charge in [0.05, 0.1) is 5.56 Å². The van der Waals surface area contributed by atoms with Crippen LogP contribution >= 0.6 is 27.7 Å². The molecule has 1 unspecified atom stereocenters. The molecule has 0 aromatic heterocycles. The first-order valence-electron chi connectivity index (χ1n) is 6.80. The van der Waals surface area contributed by atoms with Gasteiger partial charge in [-0.3, -0.25) is 4.79 Å². The van der Waals surface area contributed by atoms with Crippen molar-refractivity contribution in [3.05, 3.63) is 69.4 Å². The molecule has 0 N–H and O–H groups in total. The van der Waals surface area contributed by atoms with Crippen molar-refractivity contribution < 1.29 is 18.0 Å². The number of benzene rings is 2. The van der Waals surface area contributed by atoms with E-state index >= 15 is 0 Å². The van der Waals surface area contributed by atoms with Gasteiger partial charge in [-0.15, -0.1) is 11.8 Å². The van der Waals surface area contributed by atoms with Crippen LogP contribution in [0.15, 0.2) is 40.9 Å². The summed E-state index contributed by atoms with van der Waals surface area (Å²) in [7, 11) is 0. The normalized spacial score (nSPS) is 17.6. The third-order valence-electron chi connectivity index (χ3n) is 3.57. The van der Waals surface area contributed by atoms with Crippen LogP contribution in [0.2, 0.25) is 0 Å². The predicted molar refractivity (Wildman–Crippen MR) is 86.7 cm³/mol. The molecule has 120 valence electrons. The lowest BCUT2D eigenvalue weighted by Gasteiger charge is -2.24. The molecule has 0 aliphatic carbocycles. The molecular weight excluding hydrogens is 391 g/mol. The van der Waals surface area contributed by atoms with Crippen molar-refractivity contribution >= 4 is 33.6 Å². The Hall–Kier alpha value is -1.47. The summed E-state index contributed by atoms with van der Waals surface area (Å²) in [5.74, 6) is -4.32. The number of carbonyl (C=O) groups excluding carboxylic acids is 1. The maximum atomic E-state index is 13.9. The molecule has 3 rings (SSSR count). The highest BCUT2D eigenvalue weighted by molar-refractivity contribution is 9.10. The summed E-state index contributed by atoms with van der Waals surface area (Å²) in [6, 6.07) is 9.20. The van der Waals surface area contributed by atoms with E-state index in [1.807, 2.05) is 24.3 Å². The first-order valence-corrected chi connectivity index (χ1v) is 8.64. The average molecular weight is 402 g/mol. The highest BCUT2D eigenvalue weighted by Crippen LogP contribution is 2.39. The van der Waals surface area contributed by atoms with Gasteiger partial charge in [0.25, 0.3) is 5.91 Å². The Balaban J connectivity index is 1.92. The highest BCUT2D eigenvalue weighted by atomic mass is 79.9. The molecule has 0 bridgehead atoms. The molecule has 23 heavy (non-hydrogen) atoms. The molecule has 0 spiro atoms. The van der Waals surface area contributed by atoms with E-state index in [1.165, 1.54) is 4.90 Å². The highest BCUT2D eigenvalue weighted by Gasteiger charge is 2.33. The lowest BCUT2D eigenvalue weighted by Crippen LogP contribution is -2.31. The zero-order valence-corrected chi connectivity index (χ0v) is 14.1. The number of carbonyl (C=O) groups is 1. The van der Waals surface area contributed by atoms with E-state index < -0.39 is 28.9 Å². The zero-order valence-electron chi connectivity index (χ0n) is 11.7. The molecule has 2 nitrogen and oxygen atoms in total. The monoisotopic (exact) mass is 401 g/mol. The SMILES string of the molecule is O=C(c1ccc(F)c(F)c1F)N1CCSC1c1ccc(Br)cc1. The number of hydrogen-bond donors (Lipinski definition) is 0. The number of rotatable bonds is 2. The summed E-state index contributed by atoms with van der Waals surface area (Å²) in [5.41, 5.74) is 0.445. The molecule has 0 saturated carbocycles. The van der Waals surface area contributed by atoms with E-state index in [-0.39, 0.29) is 5.37 Å². The van der Waals surface area contributed by atoms with Crippen LogP contribution in [0.4, 0.5) is 13.2 Å². The van der Waals surface area contributed by atoms with Gasteiger partial charge in [0.1, 0.15) is 5.37 Å². The molecule has 2 aromatic rings. The van der Waals surface area contributed by atoms with Gasteiger partial charge in [-0.05, 0) is 29.8 Å². The first-order chi connectivity index (χ1) is 11.0. The summed E-state index contributed by atoms with van der Waals surface area (Å²) < 4.78 is 41.2. The molecule has 1 aliphatic heterocycles. The minimum absolute atomic E-state index is 0.275. The molecule has 1 amide bonds. The van der Waals surface area contributed by atoms with Crippen LogP contribution in [0.1, 0.15) is 21.3 Å². The van der Waals surface area contributed by atoms with Gasteiger partial charge in [0.15, 0.2) is 17.5 Å². The van der Waals surface area contributed by atoms with Crippen LogP contribution in [0.5, 0.6) is 0 Å². The van der Waals surface area contributed by atoms with Crippen LogP contribution in [0.25, 0.3) is 0 Å². The third-order valence-corrected chi connectivity index (χ3v) is 5.36. The molecule has 1 atom stereocenters. The van der Waals surface area contributed by atoms with Crippen LogP contribution in [0, 0.1) is 17.5 Å².